The van der Waals surface area contributed by atoms with E-state index in [1.807, 2.05) is 19.1 Å². The first kappa shape index (κ1) is 13.1. The highest BCUT2D eigenvalue weighted by atomic mass is 32.1. The van der Waals surface area contributed by atoms with Gasteiger partial charge in [-0.3, -0.25) is 4.79 Å². The molecule has 0 atom stereocenters. The number of nitriles is 1. The zero-order valence-corrected chi connectivity index (χ0v) is 11.3. The Morgan fingerprint density at radius 2 is 2.21 bits per heavy atom. The average molecular weight is 271 g/mol. The number of hydrogen-bond acceptors (Lipinski definition) is 4. The van der Waals surface area contributed by atoms with Crippen molar-refractivity contribution in [3.63, 3.8) is 0 Å². The summed E-state index contributed by atoms with van der Waals surface area (Å²) in [6.45, 7) is 2.05. The fraction of sp³-hybridized carbons (Fsp3) is 0.143. The number of hydrogen-bond donors (Lipinski definition) is 2. The molecule has 0 unspecified atom stereocenters. The quantitative estimate of drug-likeness (QED) is 0.842. The molecule has 0 fully saturated rings. The molecular weight excluding hydrogens is 258 g/mol. The summed E-state index contributed by atoms with van der Waals surface area (Å²) in [6, 6.07) is 10.6. The monoisotopic (exact) mass is 271 g/mol. The highest BCUT2D eigenvalue weighted by Crippen LogP contribution is 2.22. The minimum Gasteiger partial charge on any atom is -0.397 e. The van der Waals surface area contributed by atoms with Crippen LogP contribution in [0.25, 0.3) is 0 Å². The predicted octanol–water partition coefficient (Wildman–Crippen LogP) is 3.02. The van der Waals surface area contributed by atoms with Gasteiger partial charge in [-0.2, -0.15) is 5.26 Å². The van der Waals surface area contributed by atoms with Crippen LogP contribution in [0.4, 0.5) is 11.4 Å². The average Bonchev–Trinajstić information content (AvgIpc) is 2.90. The van der Waals surface area contributed by atoms with E-state index in [1.165, 1.54) is 11.3 Å². The first-order valence-electron chi connectivity index (χ1n) is 5.83. The highest BCUT2D eigenvalue weighted by Gasteiger charge is 2.10. The summed E-state index contributed by atoms with van der Waals surface area (Å²) in [5.41, 5.74) is 7.18. The van der Waals surface area contributed by atoms with Gasteiger partial charge in [-0.1, -0.05) is 6.92 Å². The number of rotatable bonds is 3. The van der Waals surface area contributed by atoms with Crippen LogP contribution in [0, 0.1) is 11.3 Å². The van der Waals surface area contributed by atoms with Crippen molar-refractivity contribution >= 4 is 28.6 Å². The van der Waals surface area contributed by atoms with Crippen LogP contribution in [0.1, 0.15) is 27.0 Å². The first-order valence-corrected chi connectivity index (χ1v) is 6.65. The molecule has 0 aliphatic heterocycles. The first-order chi connectivity index (χ1) is 9.13. The fourth-order valence-corrected chi connectivity index (χ4v) is 2.46. The molecule has 0 aliphatic carbocycles. The van der Waals surface area contributed by atoms with Crippen molar-refractivity contribution in [1.82, 2.24) is 0 Å². The number of carbonyl (C=O) groups is 1. The van der Waals surface area contributed by atoms with Gasteiger partial charge in [0, 0.05) is 4.88 Å². The van der Waals surface area contributed by atoms with Crippen molar-refractivity contribution in [2.24, 2.45) is 0 Å². The molecule has 0 bridgehead atoms. The van der Waals surface area contributed by atoms with Gasteiger partial charge in [0.2, 0.25) is 0 Å². The normalized spacial score (nSPS) is 9.89. The van der Waals surface area contributed by atoms with Crippen LogP contribution >= 0.6 is 11.3 Å². The van der Waals surface area contributed by atoms with Crippen molar-refractivity contribution in [3.8, 4) is 6.07 Å². The number of nitrogens with one attached hydrogen (secondary N) is 1. The number of thiophene rings is 1. The Kier molecular flexibility index (Phi) is 3.83. The Bertz CT molecular complexity index is 655. The van der Waals surface area contributed by atoms with E-state index in [2.05, 4.69) is 5.32 Å². The molecule has 0 saturated heterocycles. The summed E-state index contributed by atoms with van der Waals surface area (Å²) >= 11 is 1.47. The molecule has 3 N–H and O–H groups in total. The molecule has 4 nitrogen and oxygen atoms in total. The molecule has 0 aliphatic rings. The van der Waals surface area contributed by atoms with E-state index in [0.717, 1.165) is 11.3 Å². The lowest BCUT2D eigenvalue weighted by Crippen LogP contribution is -2.11. The highest BCUT2D eigenvalue weighted by molar-refractivity contribution is 7.14. The maximum atomic E-state index is 12.0. The molecule has 0 saturated carbocycles. The second kappa shape index (κ2) is 5.55. The summed E-state index contributed by atoms with van der Waals surface area (Å²) in [5.74, 6) is -0.180. The minimum absolute atomic E-state index is 0.180. The molecule has 0 spiro atoms. The number of aryl methyl sites for hydroxylation is 1. The van der Waals surface area contributed by atoms with Crippen LogP contribution < -0.4 is 11.1 Å². The van der Waals surface area contributed by atoms with Crippen LogP contribution in [0.15, 0.2) is 30.3 Å². The van der Waals surface area contributed by atoms with E-state index in [0.29, 0.717) is 21.8 Å². The van der Waals surface area contributed by atoms with Crippen LogP contribution in [-0.2, 0) is 6.42 Å². The van der Waals surface area contributed by atoms with Crippen LogP contribution in [0.5, 0.6) is 0 Å². The lowest BCUT2D eigenvalue weighted by atomic mass is 10.2. The lowest BCUT2D eigenvalue weighted by molar-refractivity contribution is 0.103. The van der Waals surface area contributed by atoms with Gasteiger partial charge < -0.3 is 11.1 Å². The molecule has 2 rings (SSSR count). The standard InChI is InChI=1S/C14H13N3OS/c1-2-10-4-6-13(19-10)14(18)17-12-5-3-9(8-15)7-11(12)16/h3-7H,2,16H2,1H3,(H,17,18). The number of nitrogens with zero attached hydrogens (tertiary/aromatic N) is 1. The third-order valence-corrected chi connectivity index (χ3v) is 3.89. The molecule has 5 heteroatoms. The SMILES string of the molecule is CCc1ccc(C(=O)Nc2ccc(C#N)cc2N)s1. The predicted molar refractivity (Wildman–Crippen MR) is 77.2 cm³/mol. The van der Waals surface area contributed by atoms with Gasteiger partial charge in [-0.25, -0.2) is 0 Å². The lowest BCUT2D eigenvalue weighted by Gasteiger charge is -2.07. The van der Waals surface area contributed by atoms with E-state index < -0.39 is 0 Å². The second-order valence-electron chi connectivity index (χ2n) is 3.99. The van der Waals surface area contributed by atoms with Gasteiger partial charge in [0.25, 0.3) is 5.91 Å². The maximum absolute atomic E-state index is 12.0. The van der Waals surface area contributed by atoms with Crippen molar-refractivity contribution in [2.75, 3.05) is 11.1 Å². The summed E-state index contributed by atoms with van der Waals surface area (Å²) in [6.07, 6.45) is 0.914. The van der Waals surface area contributed by atoms with E-state index in [9.17, 15) is 4.79 Å². The van der Waals surface area contributed by atoms with Crippen molar-refractivity contribution in [3.05, 3.63) is 45.6 Å². The van der Waals surface area contributed by atoms with E-state index >= 15 is 0 Å². The Labute approximate surface area is 115 Å². The Balaban J connectivity index is 2.17. The third kappa shape index (κ3) is 2.92. The Morgan fingerprint density at radius 3 is 2.79 bits per heavy atom. The number of benzene rings is 1. The maximum Gasteiger partial charge on any atom is 0.265 e. The van der Waals surface area contributed by atoms with Crippen molar-refractivity contribution in [2.45, 2.75) is 13.3 Å². The van der Waals surface area contributed by atoms with Gasteiger partial charge in [-0.05, 0) is 36.8 Å². The van der Waals surface area contributed by atoms with E-state index in [1.54, 1.807) is 24.3 Å². The third-order valence-electron chi connectivity index (χ3n) is 2.66. The summed E-state index contributed by atoms with van der Waals surface area (Å²) in [5, 5.41) is 11.5. The molecule has 96 valence electrons. The number of amides is 1. The van der Waals surface area contributed by atoms with E-state index in [4.69, 9.17) is 11.0 Å². The summed E-state index contributed by atoms with van der Waals surface area (Å²) < 4.78 is 0. The Morgan fingerprint density at radius 1 is 1.42 bits per heavy atom. The molecule has 2 aromatic rings. The molecule has 1 aromatic heterocycles. The fourth-order valence-electron chi connectivity index (χ4n) is 1.62. The van der Waals surface area contributed by atoms with Gasteiger partial charge in [-0.15, -0.1) is 11.3 Å². The van der Waals surface area contributed by atoms with Crippen molar-refractivity contribution < 1.29 is 4.79 Å². The number of nitrogens with two attached hydrogens (primary N) is 1. The number of anilines is 2. The van der Waals surface area contributed by atoms with Crippen LogP contribution in [0.2, 0.25) is 0 Å². The molecule has 1 aromatic carbocycles. The number of carbonyl (C=O) groups excluding carboxylic acids is 1. The van der Waals surface area contributed by atoms with Crippen LogP contribution in [-0.4, -0.2) is 5.91 Å². The zero-order chi connectivity index (χ0) is 13.8. The second-order valence-corrected chi connectivity index (χ2v) is 5.16. The molecule has 0 radical (unpaired) electrons. The van der Waals surface area contributed by atoms with Gasteiger partial charge >= 0.3 is 0 Å². The molecule has 1 heterocycles. The van der Waals surface area contributed by atoms with Gasteiger partial charge in [0.1, 0.15) is 0 Å². The van der Waals surface area contributed by atoms with Crippen molar-refractivity contribution in [1.29, 1.82) is 5.26 Å². The van der Waals surface area contributed by atoms with E-state index in [-0.39, 0.29) is 5.91 Å². The zero-order valence-electron chi connectivity index (χ0n) is 10.4. The molecular formula is C14H13N3OS. The van der Waals surface area contributed by atoms with Crippen LogP contribution in [0.3, 0.4) is 0 Å². The largest absolute Gasteiger partial charge is 0.397 e. The molecule has 1 amide bonds. The smallest absolute Gasteiger partial charge is 0.265 e. The van der Waals surface area contributed by atoms with Gasteiger partial charge in [0.05, 0.1) is 27.9 Å². The minimum atomic E-state index is -0.180. The molecule has 19 heavy (non-hydrogen) atoms. The number of nitrogen functional groups attached to an aromatic ring is 1. The summed E-state index contributed by atoms with van der Waals surface area (Å²) in [4.78, 5) is 13.8. The van der Waals surface area contributed by atoms with Gasteiger partial charge in [0.15, 0.2) is 0 Å². The topological polar surface area (TPSA) is 78.9 Å². The Hall–Kier alpha value is -2.32. The summed E-state index contributed by atoms with van der Waals surface area (Å²) in [7, 11) is 0.